The number of Topliss-reactive ketones (excluding diaryl/α,β-unsaturated/α-hetero) is 1. The normalized spacial score (nSPS) is 30.7. The van der Waals surface area contributed by atoms with Crippen molar-refractivity contribution in [2.24, 2.45) is 0 Å². The Hall–Kier alpha value is -2.08. The number of hydrogen-bond donors (Lipinski definition) is 4. The van der Waals surface area contributed by atoms with Crippen LogP contribution in [0.15, 0.2) is 24.3 Å². The number of benzene rings is 1. The Balaban J connectivity index is 1.64. The summed E-state index contributed by atoms with van der Waals surface area (Å²) in [5.74, 6) is -1.05. The van der Waals surface area contributed by atoms with Crippen LogP contribution in [-0.4, -0.2) is 101 Å². The first kappa shape index (κ1) is 20.6. The van der Waals surface area contributed by atoms with Gasteiger partial charge in [-0.1, -0.05) is 0 Å². The molecule has 154 valence electrons. The minimum absolute atomic E-state index is 0.178. The average Bonchev–Trinajstić information content (AvgIpc) is 2.74. The second kappa shape index (κ2) is 8.95. The summed E-state index contributed by atoms with van der Waals surface area (Å²) in [6, 6.07) is 5.64. The molecule has 2 fully saturated rings. The Kier molecular flexibility index (Phi) is 6.60. The van der Waals surface area contributed by atoms with Gasteiger partial charge in [0.15, 0.2) is 0 Å². The van der Waals surface area contributed by atoms with Gasteiger partial charge in [-0.3, -0.25) is 9.59 Å². The van der Waals surface area contributed by atoms with E-state index in [1.54, 1.807) is 0 Å². The van der Waals surface area contributed by atoms with Crippen molar-refractivity contribution in [1.29, 1.82) is 0 Å². The van der Waals surface area contributed by atoms with Crippen LogP contribution in [0.1, 0.15) is 10.4 Å². The van der Waals surface area contributed by atoms with E-state index in [1.165, 1.54) is 29.2 Å². The van der Waals surface area contributed by atoms with Crippen molar-refractivity contribution < 1.29 is 44.2 Å². The highest BCUT2D eigenvalue weighted by Crippen LogP contribution is 2.24. The summed E-state index contributed by atoms with van der Waals surface area (Å²) in [4.78, 5) is 26.0. The van der Waals surface area contributed by atoms with Gasteiger partial charge < -0.3 is 39.5 Å². The van der Waals surface area contributed by atoms with Gasteiger partial charge in [-0.2, -0.15) is 0 Å². The first-order chi connectivity index (χ1) is 13.4. The molecule has 1 amide bonds. The van der Waals surface area contributed by atoms with Gasteiger partial charge in [-0.05, 0) is 24.3 Å². The molecular formula is C18H23NO9. The third kappa shape index (κ3) is 4.32. The van der Waals surface area contributed by atoms with Crippen molar-refractivity contribution in [3.63, 3.8) is 0 Å². The van der Waals surface area contributed by atoms with Crippen molar-refractivity contribution >= 4 is 11.7 Å². The van der Waals surface area contributed by atoms with Crippen LogP contribution in [0.2, 0.25) is 0 Å². The summed E-state index contributed by atoms with van der Waals surface area (Å²) < 4.78 is 15.9. The number of aliphatic hydroxyl groups is 4. The fourth-order valence-electron chi connectivity index (χ4n) is 3.02. The molecule has 1 aromatic carbocycles. The molecule has 2 aliphatic rings. The number of ether oxygens (including phenoxy) is 3. The van der Waals surface area contributed by atoms with Gasteiger partial charge in [0.1, 0.15) is 30.2 Å². The molecule has 0 saturated carbocycles. The highest BCUT2D eigenvalue weighted by molar-refractivity contribution is 6.42. The molecular weight excluding hydrogens is 374 g/mol. The Morgan fingerprint density at radius 3 is 2.29 bits per heavy atom. The standard InChI is InChI=1S/C18H23NO9/c20-9-12-14(22)15(23)16(24)18(28-12)27-11-3-1-10(2-4-11)13(21)17(25)19-5-7-26-8-6-19/h1-4,12,14-16,18,20,22-24H,5-9H2. The SMILES string of the molecule is O=C(C(=O)N1CCOCC1)c1ccc(OC2OC(CO)C(O)C(O)C2O)cc1. The van der Waals surface area contributed by atoms with E-state index in [1.807, 2.05) is 0 Å². The molecule has 2 aliphatic heterocycles. The molecule has 5 atom stereocenters. The van der Waals surface area contributed by atoms with Gasteiger partial charge in [-0.15, -0.1) is 0 Å². The highest BCUT2D eigenvalue weighted by atomic mass is 16.7. The van der Waals surface area contributed by atoms with E-state index in [4.69, 9.17) is 14.2 Å². The van der Waals surface area contributed by atoms with Crippen LogP contribution < -0.4 is 4.74 Å². The lowest BCUT2D eigenvalue weighted by molar-refractivity contribution is -0.277. The second-order valence-electron chi connectivity index (χ2n) is 6.57. The third-order valence-corrected chi connectivity index (χ3v) is 4.71. The Morgan fingerprint density at radius 1 is 1.04 bits per heavy atom. The van der Waals surface area contributed by atoms with Crippen LogP contribution in [-0.2, 0) is 14.3 Å². The number of hydrogen-bond acceptors (Lipinski definition) is 9. The largest absolute Gasteiger partial charge is 0.462 e. The predicted octanol–water partition coefficient (Wildman–Crippen LogP) is -2.09. The summed E-state index contributed by atoms with van der Waals surface area (Å²) in [5, 5.41) is 38.7. The first-order valence-electron chi connectivity index (χ1n) is 8.91. The van der Waals surface area contributed by atoms with Gasteiger partial charge in [0.25, 0.3) is 5.91 Å². The Bertz CT molecular complexity index is 687. The molecule has 28 heavy (non-hydrogen) atoms. The van der Waals surface area contributed by atoms with E-state index in [-0.39, 0.29) is 11.3 Å². The monoisotopic (exact) mass is 397 g/mol. The molecule has 10 nitrogen and oxygen atoms in total. The van der Waals surface area contributed by atoms with Crippen molar-refractivity contribution in [2.75, 3.05) is 32.9 Å². The summed E-state index contributed by atoms with van der Waals surface area (Å²) in [7, 11) is 0. The Morgan fingerprint density at radius 2 is 1.68 bits per heavy atom. The number of amides is 1. The lowest BCUT2D eigenvalue weighted by Gasteiger charge is -2.39. The van der Waals surface area contributed by atoms with Crippen LogP contribution in [0.4, 0.5) is 0 Å². The molecule has 2 heterocycles. The zero-order valence-electron chi connectivity index (χ0n) is 15.0. The number of rotatable bonds is 5. The quantitative estimate of drug-likeness (QED) is 0.324. The van der Waals surface area contributed by atoms with Crippen molar-refractivity contribution in [1.82, 2.24) is 4.90 Å². The highest BCUT2D eigenvalue weighted by Gasteiger charge is 2.44. The fourth-order valence-corrected chi connectivity index (χ4v) is 3.02. The molecule has 5 unspecified atom stereocenters. The van der Waals surface area contributed by atoms with Gasteiger partial charge >= 0.3 is 0 Å². The third-order valence-electron chi connectivity index (χ3n) is 4.71. The molecule has 4 N–H and O–H groups in total. The maximum Gasteiger partial charge on any atom is 0.295 e. The number of carbonyl (C=O) groups excluding carboxylic acids is 2. The van der Waals surface area contributed by atoms with Crippen molar-refractivity contribution in [2.45, 2.75) is 30.7 Å². The number of ketones is 1. The number of nitrogens with zero attached hydrogens (tertiary/aromatic N) is 1. The van der Waals surface area contributed by atoms with E-state index in [0.29, 0.717) is 26.3 Å². The molecule has 0 bridgehead atoms. The van der Waals surface area contributed by atoms with E-state index in [0.717, 1.165) is 0 Å². The van der Waals surface area contributed by atoms with E-state index in [2.05, 4.69) is 0 Å². The van der Waals surface area contributed by atoms with Crippen LogP contribution in [0.3, 0.4) is 0 Å². The average molecular weight is 397 g/mol. The molecule has 0 radical (unpaired) electrons. The van der Waals surface area contributed by atoms with Gasteiger partial charge in [0.05, 0.1) is 19.8 Å². The molecule has 1 aromatic rings. The van der Waals surface area contributed by atoms with Crippen LogP contribution in [0.5, 0.6) is 5.75 Å². The van der Waals surface area contributed by atoms with Gasteiger partial charge in [0.2, 0.25) is 12.1 Å². The topological polar surface area (TPSA) is 146 Å². The fraction of sp³-hybridized carbons (Fsp3) is 0.556. The zero-order chi connectivity index (χ0) is 20.3. The molecule has 0 aliphatic carbocycles. The summed E-state index contributed by atoms with van der Waals surface area (Å²) >= 11 is 0. The van der Waals surface area contributed by atoms with Crippen LogP contribution in [0, 0.1) is 0 Å². The lowest BCUT2D eigenvalue weighted by atomic mass is 9.99. The van der Waals surface area contributed by atoms with E-state index < -0.39 is 49.0 Å². The minimum Gasteiger partial charge on any atom is -0.462 e. The molecule has 0 aromatic heterocycles. The molecule has 2 saturated heterocycles. The number of morpholine rings is 1. The Labute approximate surface area is 160 Å². The zero-order valence-corrected chi connectivity index (χ0v) is 15.0. The second-order valence-corrected chi connectivity index (χ2v) is 6.57. The number of carbonyl (C=O) groups is 2. The maximum atomic E-state index is 12.3. The summed E-state index contributed by atoms with van der Waals surface area (Å²) in [6.45, 7) is 0.948. The maximum absolute atomic E-state index is 12.3. The lowest BCUT2D eigenvalue weighted by Crippen LogP contribution is -2.60. The van der Waals surface area contributed by atoms with Gasteiger partial charge in [-0.25, -0.2) is 0 Å². The predicted molar refractivity (Wildman–Crippen MR) is 92.6 cm³/mol. The van der Waals surface area contributed by atoms with E-state index in [9.17, 15) is 30.0 Å². The number of aliphatic hydroxyl groups excluding tert-OH is 4. The molecule has 3 rings (SSSR count). The minimum atomic E-state index is -1.55. The molecule has 0 spiro atoms. The van der Waals surface area contributed by atoms with Crippen LogP contribution >= 0.6 is 0 Å². The smallest absolute Gasteiger partial charge is 0.295 e. The summed E-state index contributed by atoms with van der Waals surface area (Å²) in [5.41, 5.74) is 0.178. The van der Waals surface area contributed by atoms with E-state index >= 15 is 0 Å². The first-order valence-corrected chi connectivity index (χ1v) is 8.91. The van der Waals surface area contributed by atoms with Crippen LogP contribution in [0.25, 0.3) is 0 Å². The van der Waals surface area contributed by atoms with Gasteiger partial charge in [0, 0.05) is 18.7 Å². The summed E-state index contributed by atoms with van der Waals surface area (Å²) in [6.07, 6.45) is -6.99. The molecule has 10 heteroatoms. The van der Waals surface area contributed by atoms with Crippen molar-refractivity contribution in [3.8, 4) is 5.75 Å². The van der Waals surface area contributed by atoms with Crippen molar-refractivity contribution in [3.05, 3.63) is 29.8 Å².